The molecule has 1 aliphatic rings. The molecule has 2 amide bonds. The van der Waals surface area contributed by atoms with Crippen LogP contribution in [0.25, 0.3) is 11.6 Å². The molecule has 2 aromatic carbocycles. The third-order valence-electron chi connectivity index (χ3n) is 4.17. The van der Waals surface area contributed by atoms with E-state index in [1.807, 2.05) is 0 Å². The lowest BCUT2D eigenvalue weighted by Gasteiger charge is -2.18. The second-order valence-electron chi connectivity index (χ2n) is 6.06. The van der Waals surface area contributed by atoms with Crippen molar-refractivity contribution in [2.75, 3.05) is 10.2 Å². The smallest absolute Gasteiger partial charge is 0.256 e. The Labute approximate surface area is 169 Å². The number of para-hydroxylation sites is 1. The van der Waals surface area contributed by atoms with Crippen LogP contribution in [0.4, 0.5) is 20.9 Å². The average Bonchev–Trinajstić information content (AvgIpc) is 3.21. The highest BCUT2D eigenvalue weighted by molar-refractivity contribution is 7.14. The molecule has 0 atom stereocenters. The molecule has 28 heavy (non-hydrogen) atoms. The van der Waals surface area contributed by atoms with Gasteiger partial charge in [-0.15, -0.1) is 11.3 Å². The maximum absolute atomic E-state index is 14.2. The zero-order chi connectivity index (χ0) is 19.8. The summed E-state index contributed by atoms with van der Waals surface area (Å²) < 4.78 is 14.2. The number of anilines is 3. The molecule has 1 aromatic heterocycles. The highest BCUT2D eigenvalue weighted by atomic mass is 35.5. The van der Waals surface area contributed by atoms with Gasteiger partial charge in [-0.2, -0.15) is 0 Å². The number of hydrogen-bond acceptors (Lipinski definition) is 4. The SMILES string of the molecule is CC(=O)N(c1nc(C=C2C(=O)Nc3cc(Cl)ccc32)cs1)c1ccccc1F. The molecular formula is C20H13ClFN3O2S. The van der Waals surface area contributed by atoms with Crippen molar-refractivity contribution in [2.45, 2.75) is 6.92 Å². The molecule has 0 bridgehead atoms. The van der Waals surface area contributed by atoms with E-state index >= 15 is 0 Å². The quantitative estimate of drug-likeness (QED) is 0.606. The van der Waals surface area contributed by atoms with Gasteiger partial charge in [0.2, 0.25) is 5.91 Å². The van der Waals surface area contributed by atoms with Crippen molar-refractivity contribution in [2.24, 2.45) is 0 Å². The molecular weight excluding hydrogens is 401 g/mol. The summed E-state index contributed by atoms with van der Waals surface area (Å²) >= 11 is 7.16. The lowest BCUT2D eigenvalue weighted by atomic mass is 10.1. The van der Waals surface area contributed by atoms with Crippen LogP contribution in [-0.4, -0.2) is 16.8 Å². The number of nitrogens with zero attached hydrogens (tertiary/aromatic N) is 2. The summed E-state index contributed by atoms with van der Waals surface area (Å²) in [4.78, 5) is 30.1. The summed E-state index contributed by atoms with van der Waals surface area (Å²) in [6, 6.07) is 11.1. The first kappa shape index (κ1) is 18.3. The summed E-state index contributed by atoms with van der Waals surface area (Å²) in [6.07, 6.45) is 1.63. The molecule has 0 fully saturated rings. The van der Waals surface area contributed by atoms with E-state index in [2.05, 4.69) is 10.3 Å². The van der Waals surface area contributed by atoms with E-state index in [9.17, 15) is 14.0 Å². The van der Waals surface area contributed by atoms with Gasteiger partial charge in [0.25, 0.3) is 5.91 Å². The van der Waals surface area contributed by atoms with E-state index in [0.717, 1.165) is 5.56 Å². The molecule has 0 aliphatic carbocycles. The number of rotatable bonds is 3. The van der Waals surface area contributed by atoms with Gasteiger partial charge in [-0.05, 0) is 30.3 Å². The third kappa shape index (κ3) is 3.30. The molecule has 4 rings (SSSR count). The predicted octanol–water partition coefficient (Wildman–Crippen LogP) is 5.11. The Bertz CT molecular complexity index is 1140. The van der Waals surface area contributed by atoms with Crippen molar-refractivity contribution < 1.29 is 14.0 Å². The number of nitrogens with one attached hydrogen (secondary N) is 1. The summed E-state index contributed by atoms with van der Waals surface area (Å²) in [5.74, 6) is -1.14. The molecule has 1 aliphatic heterocycles. The van der Waals surface area contributed by atoms with Gasteiger partial charge in [0.15, 0.2) is 5.13 Å². The van der Waals surface area contributed by atoms with Crippen LogP contribution in [-0.2, 0) is 9.59 Å². The number of hydrogen-bond donors (Lipinski definition) is 1. The van der Waals surface area contributed by atoms with Crippen LogP contribution >= 0.6 is 22.9 Å². The maximum atomic E-state index is 14.2. The second-order valence-corrected chi connectivity index (χ2v) is 7.34. The molecule has 0 saturated carbocycles. The van der Waals surface area contributed by atoms with Gasteiger partial charge in [-0.1, -0.05) is 29.8 Å². The van der Waals surface area contributed by atoms with Gasteiger partial charge in [-0.25, -0.2) is 9.37 Å². The first-order valence-corrected chi connectivity index (χ1v) is 9.53. The van der Waals surface area contributed by atoms with Crippen LogP contribution in [0.5, 0.6) is 0 Å². The Morgan fingerprint density at radius 1 is 1.29 bits per heavy atom. The number of carbonyl (C=O) groups excluding carboxylic acids is 2. The van der Waals surface area contributed by atoms with Gasteiger partial charge in [0, 0.05) is 22.9 Å². The monoisotopic (exact) mass is 413 g/mol. The van der Waals surface area contributed by atoms with Crippen molar-refractivity contribution in [3.05, 3.63) is 69.9 Å². The van der Waals surface area contributed by atoms with Crippen LogP contribution in [0.2, 0.25) is 5.02 Å². The number of carbonyl (C=O) groups is 2. The second kappa shape index (κ2) is 7.18. The van der Waals surface area contributed by atoms with Crippen LogP contribution in [0.1, 0.15) is 18.2 Å². The third-order valence-corrected chi connectivity index (χ3v) is 5.25. The molecule has 0 spiro atoms. The fraction of sp³-hybridized carbons (Fsp3) is 0.0500. The van der Waals surface area contributed by atoms with Gasteiger partial charge in [0.05, 0.1) is 22.6 Å². The molecule has 5 nitrogen and oxygen atoms in total. The van der Waals surface area contributed by atoms with Crippen molar-refractivity contribution in [3.8, 4) is 0 Å². The van der Waals surface area contributed by atoms with Gasteiger partial charge in [0.1, 0.15) is 5.82 Å². The molecule has 1 N–H and O–H groups in total. The number of thiazole rings is 1. The maximum Gasteiger partial charge on any atom is 0.256 e. The highest BCUT2D eigenvalue weighted by Gasteiger charge is 2.25. The molecule has 2 heterocycles. The largest absolute Gasteiger partial charge is 0.321 e. The lowest BCUT2D eigenvalue weighted by molar-refractivity contribution is -0.116. The van der Waals surface area contributed by atoms with E-state index in [1.165, 1.54) is 35.3 Å². The number of aromatic nitrogens is 1. The van der Waals surface area contributed by atoms with Gasteiger partial charge >= 0.3 is 0 Å². The Morgan fingerprint density at radius 2 is 2.07 bits per heavy atom. The minimum absolute atomic E-state index is 0.127. The summed E-state index contributed by atoms with van der Waals surface area (Å²) in [6.45, 7) is 1.34. The number of halogens is 2. The van der Waals surface area contributed by atoms with Crippen LogP contribution in [0.3, 0.4) is 0 Å². The number of amides is 2. The number of benzene rings is 2. The minimum atomic E-state index is -0.520. The Morgan fingerprint density at radius 3 is 2.82 bits per heavy atom. The molecule has 0 radical (unpaired) electrons. The van der Waals surface area contributed by atoms with Crippen molar-refractivity contribution in [1.82, 2.24) is 4.98 Å². The highest BCUT2D eigenvalue weighted by Crippen LogP contribution is 2.36. The van der Waals surface area contributed by atoms with E-state index in [-0.39, 0.29) is 17.5 Å². The Balaban J connectivity index is 1.72. The van der Waals surface area contributed by atoms with Crippen LogP contribution < -0.4 is 10.2 Å². The molecule has 0 unspecified atom stereocenters. The fourth-order valence-electron chi connectivity index (χ4n) is 2.94. The van der Waals surface area contributed by atoms with Crippen molar-refractivity contribution >= 4 is 62.9 Å². The zero-order valence-electron chi connectivity index (χ0n) is 14.6. The molecule has 0 saturated heterocycles. The normalized spacial score (nSPS) is 14.1. The summed E-state index contributed by atoms with van der Waals surface area (Å²) in [5.41, 5.74) is 2.43. The summed E-state index contributed by atoms with van der Waals surface area (Å²) in [5, 5.41) is 5.31. The zero-order valence-corrected chi connectivity index (χ0v) is 16.1. The minimum Gasteiger partial charge on any atom is -0.321 e. The molecule has 3 aromatic rings. The topological polar surface area (TPSA) is 62.3 Å². The van der Waals surface area contributed by atoms with Crippen molar-refractivity contribution in [1.29, 1.82) is 0 Å². The lowest BCUT2D eigenvalue weighted by Crippen LogP contribution is -2.23. The molecule has 8 heteroatoms. The first-order chi connectivity index (χ1) is 13.4. The predicted molar refractivity (Wildman–Crippen MR) is 109 cm³/mol. The van der Waals surface area contributed by atoms with Gasteiger partial charge < -0.3 is 5.32 Å². The summed E-state index contributed by atoms with van der Waals surface area (Å²) in [7, 11) is 0. The standard InChI is InChI=1S/C20H13ClFN3O2S/c1-11(26)25(18-5-3-2-4-16(18)22)20-23-13(10-28-20)9-15-14-7-6-12(21)8-17(14)24-19(15)27/h2-10H,1H3,(H,24,27). The average molecular weight is 414 g/mol. The van der Waals surface area contributed by atoms with Crippen molar-refractivity contribution in [3.63, 3.8) is 0 Å². The van der Waals surface area contributed by atoms with Gasteiger partial charge in [-0.3, -0.25) is 14.5 Å². The van der Waals surface area contributed by atoms with E-state index in [4.69, 9.17) is 11.6 Å². The molecule has 140 valence electrons. The van der Waals surface area contributed by atoms with E-state index < -0.39 is 5.82 Å². The first-order valence-electron chi connectivity index (χ1n) is 8.28. The van der Waals surface area contributed by atoms with Crippen LogP contribution in [0.15, 0.2) is 47.8 Å². The fourth-order valence-corrected chi connectivity index (χ4v) is 3.95. The number of fused-ring (bicyclic) bond motifs is 1. The van der Waals surface area contributed by atoms with E-state index in [1.54, 1.807) is 41.8 Å². The van der Waals surface area contributed by atoms with Crippen LogP contribution in [0, 0.1) is 5.82 Å². The Hall–Kier alpha value is -3.03. The van der Waals surface area contributed by atoms with E-state index in [0.29, 0.717) is 27.1 Å². The Kier molecular flexibility index (Phi) is 4.70.